The summed E-state index contributed by atoms with van der Waals surface area (Å²) in [6.07, 6.45) is 0.193. The predicted molar refractivity (Wildman–Crippen MR) is 64.0 cm³/mol. The first-order valence-corrected chi connectivity index (χ1v) is 5.46. The van der Waals surface area contributed by atoms with Gasteiger partial charge in [0.2, 0.25) is 0 Å². The number of hydrogen-bond donors (Lipinski definition) is 3. The van der Waals surface area contributed by atoms with Crippen LogP contribution in [0, 0.1) is 0 Å². The van der Waals surface area contributed by atoms with Crippen molar-refractivity contribution in [3.05, 3.63) is 28.8 Å². The van der Waals surface area contributed by atoms with Gasteiger partial charge in [-0.15, -0.1) is 0 Å². The Bertz CT molecular complexity index is 317. The molecule has 4 N–H and O–H groups in total. The first kappa shape index (κ1) is 12.3. The lowest BCUT2D eigenvalue weighted by molar-refractivity contribution is 0.167. The van der Waals surface area contributed by atoms with Crippen LogP contribution in [0.3, 0.4) is 0 Å². The summed E-state index contributed by atoms with van der Waals surface area (Å²) in [5, 5.41) is 13.5. The Hall–Kier alpha value is -0.770. The largest absolute Gasteiger partial charge is 0.398 e. The van der Waals surface area contributed by atoms with Crippen molar-refractivity contribution < 1.29 is 5.11 Å². The molecule has 1 aromatic carbocycles. The average molecular weight is 229 g/mol. The second-order valence-electron chi connectivity index (χ2n) is 3.44. The summed E-state index contributed by atoms with van der Waals surface area (Å²) in [5.41, 5.74) is 6.98. The van der Waals surface area contributed by atoms with Gasteiger partial charge in [-0.05, 0) is 37.2 Å². The summed E-state index contributed by atoms with van der Waals surface area (Å²) in [6.45, 7) is 3.74. The lowest BCUT2D eigenvalue weighted by Gasteiger charge is -2.12. The molecular weight excluding hydrogens is 212 g/mol. The molecule has 0 heterocycles. The monoisotopic (exact) mass is 228 g/mol. The molecule has 0 saturated carbocycles. The number of aliphatic hydroxyl groups excluding tert-OH is 1. The van der Waals surface area contributed by atoms with Gasteiger partial charge in [0.25, 0.3) is 0 Å². The molecule has 1 rings (SSSR count). The number of nitrogen functional groups attached to an aromatic ring is 1. The average Bonchev–Trinajstić information content (AvgIpc) is 2.22. The number of nitrogens with one attached hydrogen (secondary N) is 1. The minimum Gasteiger partial charge on any atom is -0.398 e. The second-order valence-corrected chi connectivity index (χ2v) is 3.85. The Morgan fingerprint density at radius 3 is 2.87 bits per heavy atom. The fourth-order valence-corrected chi connectivity index (χ4v) is 1.47. The molecule has 0 radical (unpaired) electrons. The Morgan fingerprint density at radius 2 is 2.27 bits per heavy atom. The predicted octanol–water partition coefficient (Wildman–Crippen LogP) is 1.96. The van der Waals surface area contributed by atoms with Crippen LogP contribution < -0.4 is 11.1 Å². The zero-order chi connectivity index (χ0) is 11.3. The molecule has 15 heavy (non-hydrogen) atoms. The van der Waals surface area contributed by atoms with E-state index in [1.807, 2.05) is 6.92 Å². The van der Waals surface area contributed by atoms with Gasteiger partial charge in [-0.25, -0.2) is 0 Å². The summed E-state index contributed by atoms with van der Waals surface area (Å²) in [5.74, 6) is 0. The molecule has 84 valence electrons. The minimum atomic E-state index is -0.483. The van der Waals surface area contributed by atoms with Crippen molar-refractivity contribution in [2.24, 2.45) is 0 Å². The van der Waals surface area contributed by atoms with E-state index < -0.39 is 6.10 Å². The molecular formula is C11H17ClN2O. The first-order chi connectivity index (χ1) is 7.15. The normalized spacial score (nSPS) is 12.7. The van der Waals surface area contributed by atoms with Crippen LogP contribution in [0.4, 0.5) is 5.69 Å². The van der Waals surface area contributed by atoms with Crippen molar-refractivity contribution in [2.45, 2.75) is 19.4 Å². The van der Waals surface area contributed by atoms with Crippen molar-refractivity contribution in [3.63, 3.8) is 0 Å². The molecule has 0 aromatic heterocycles. The highest BCUT2D eigenvalue weighted by Gasteiger charge is 2.08. The minimum absolute atomic E-state index is 0.483. The molecule has 1 unspecified atom stereocenters. The van der Waals surface area contributed by atoms with Crippen LogP contribution in [0.5, 0.6) is 0 Å². The SMILES string of the molecule is CCNCCC(O)c1ccc(Cl)c(N)c1. The third-order valence-corrected chi connectivity index (χ3v) is 2.59. The Kier molecular flexibility index (Phi) is 4.88. The van der Waals surface area contributed by atoms with Crippen LogP contribution in [-0.4, -0.2) is 18.2 Å². The molecule has 0 aliphatic rings. The van der Waals surface area contributed by atoms with Crippen molar-refractivity contribution in [1.82, 2.24) is 5.32 Å². The fourth-order valence-electron chi connectivity index (χ4n) is 1.35. The summed E-state index contributed by atoms with van der Waals surface area (Å²) in [4.78, 5) is 0. The molecule has 1 aromatic rings. The number of anilines is 1. The topological polar surface area (TPSA) is 58.3 Å². The van der Waals surface area contributed by atoms with E-state index in [-0.39, 0.29) is 0 Å². The smallest absolute Gasteiger partial charge is 0.0802 e. The van der Waals surface area contributed by atoms with E-state index in [2.05, 4.69) is 5.32 Å². The Morgan fingerprint density at radius 1 is 1.53 bits per heavy atom. The number of aliphatic hydroxyl groups is 1. The zero-order valence-corrected chi connectivity index (χ0v) is 9.59. The maximum absolute atomic E-state index is 9.82. The van der Waals surface area contributed by atoms with E-state index in [0.29, 0.717) is 17.1 Å². The molecule has 0 aliphatic carbocycles. The molecule has 0 saturated heterocycles. The number of halogens is 1. The van der Waals surface area contributed by atoms with Crippen molar-refractivity contribution in [3.8, 4) is 0 Å². The summed E-state index contributed by atoms with van der Waals surface area (Å²) >= 11 is 5.79. The van der Waals surface area contributed by atoms with Gasteiger partial charge >= 0.3 is 0 Å². The third-order valence-electron chi connectivity index (χ3n) is 2.25. The van der Waals surface area contributed by atoms with Crippen LogP contribution in [0.2, 0.25) is 5.02 Å². The van der Waals surface area contributed by atoms with Gasteiger partial charge in [-0.3, -0.25) is 0 Å². The quantitative estimate of drug-likeness (QED) is 0.534. The van der Waals surface area contributed by atoms with E-state index in [4.69, 9.17) is 17.3 Å². The molecule has 0 bridgehead atoms. The molecule has 1 atom stereocenters. The molecule has 0 aliphatic heterocycles. The van der Waals surface area contributed by atoms with E-state index in [1.165, 1.54) is 0 Å². The van der Waals surface area contributed by atoms with Crippen molar-refractivity contribution in [2.75, 3.05) is 18.8 Å². The molecule has 4 heteroatoms. The fraction of sp³-hybridized carbons (Fsp3) is 0.455. The highest BCUT2D eigenvalue weighted by Crippen LogP contribution is 2.24. The molecule has 0 fully saturated rings. The van der Waals surface area contributed by atoms with E-state index in [1.54, 1.807) is 18.2 Å². The van der Waals surface area contributed by atoms with Crippen LogP contribution in [0.1, 0.15) is 25.0 Å². The molecule has 0 spiro atoms. The lowest BCUT2D eigenvalue weighted by Crippen LogP contribution is -2.16. The second kappa shape index (κ2) is 5.95. The number of rotatable bonds is 5. The maximum Gasteiger partial charge on any atom is 0.0802 e. The van der Waals surface area contributed by atoms with Gasteiger partial charge in [-0.1, -0.05) is 24.6 Å². The third kappa shape index (κ3) is 3.70. The van der Waals surface area contributed by atoms with Crippen LogP contribution in [-0.2, 0) is 0 Å². The van der Waals surface area contributed by atoms with Crippen LogP contribution in [0.15, 0.2) is 18.2 Å². The number of hydrogen-bond acceptors (Lipinski definition) is 3. The summed E-state index contributed by atoms with van der Waals surface area (Å²) < 4.78 is 0. The molecule has 0 amide bonds. The zero-order valence-electron chi connectivity index (χ0n) is 8.83. The molecule has 3 nitrogen and oxygen atoms in total. The van der Waals surface area contributed by atoms with Gasteiger partial charge in [0.15, 0.2) is 0 Å². The van der Waals surface area contributed by atoms with Gasteiger partial charge < -0.3 is 16.2 Å². The summed E-state index contributed by atoms with van der Waals surface area (Å²) in [6, 6.07) is 5.23. The maximum atomic E-state index is 9.82. The van der Waals surface area contributed by atoms with Gasteiger partial charge in [0.1, 0.15) is 0 Å². The first-order valence-electron chi connectivity index (χ1n) is 5.09. The van der Waals surface area contributed by atoms with Crippen molar-refractivity contribution in [1.29, 1.82) is 0 Å². The van der Waals surface area contributed by atoms with Gasteiger partial charge in [0, 0.05) is 0 Å². The van der Waals surface area contributed by atoms with E-state index in [9.17, 15) is 5.11 Å². The van der Waals surface area contributed by atoms with Gasteiger partial charge in [0.05, 0.1) is 16.8 Å². The Labute approximate surface area is 95.2 Å². The van der Waals surface area contributed by atoms with Crippen LogP contribution >= 0.6 is 11.6 Å². The standard InChI is InChI=1S/C11H17ClN2O/c1-2-14-6-5-11(15)8-3-4-9(12)10(13)7-8/h3-4,7,11,14-15H,2,5-6,13H2,1H3. The summed E-state index contributed by atoms with van der Waals surface area (Å²) in [7, 11) is 0. The van der Waals surface area contributed by atoms with Gasteiger partial charge in [-0.2, -0.15) is 0 Å². The number of nitrogens with two attached hydrogens (primary N) is 1. The highest BCUT2D eigenvalue weighted by molar-refractivity contribution is 6.33. The van der Waals surface area contributed by atoms with E-state index in [0.717, 1.165) is 18.7 Å². The Balaban J connectivity index is 2.57. The van der Waals surface area contributed by atoms with E-state index >= 15 is 0 Å². The lowest BCUT2D eigenvalue weighted by atomic mass is 10.1. The van der Waals surface area contributed by atoms with Crippen LogP contribution in [0.25, 0.3) is 0 Å². The highest BCUT2D eigenvalue weighted by atomic mass is 35.5. The van der Waals surface area contributed by atoms with Crippen molar-refractivity contribution >= 4 is 17.3 Å². The number of benzene rings is 1.